The van der Waals surface area contributed by atoms with Gasteiger partial charge in [-0.1, -0.05) is 0 Å². The summed E-state index contributed by atoms with van der Waals surface area (Å²) in [4.78, 5) is 23.3. The van der Waals surface area contributed by atoms with Gasteiger partial charge in [-0.2, -0.15) is 0 Å². The summed E-state index contributed by atoms with van der Waals surface area (Å²) in [6.45, 7) is 1.74. The quantitative estimate of drug-likeness (QED) is 0.687. The second-order valence-electron chi connectivity index (χ2n) is 4.55. The molecule has 19 heavy (non-hydrogen) atoms. The number of carbonyl (C=O) groups excluding carboxylic acids is 2. The lowest BCUT2D eigenvalue weighted by molar-refractivity contribution is -0.144. The van der Waals surface area contributed by atoms with Gasteiger partial charge in [-0.25, -0.2) is 0 Å². The molecule has 1 aliphatic rings. The van der Waals surface area contributed by atoms with Gasteiger partial charge in [-0.05, 0) is 19.9 Å². The largest absolute Gasteiger partial charge is 0.469 e. The van der Waals surface area contributed by atoms with Crippen LogP contribution in [0.3, 0.4) is 0 Å². The molecule has 0 radical (unpaired) electrons. The molecule has 1 heterocycles. The van der Waals surface area contributed by atoms with Gasteiger partial charge in [-0.15, -0.1) is 12.4 Å². The van der Waals surface area contributed by atoms with Crippen LogP contribution in [0.25, 0.3) is 0 Å². The van der Waals surface area contributed by atoms with Crippen molar-refractivity contribution < 1.29 is 19.1 Å². The van der Waals surface area contributed by atoms with Crippen molar-refractivity contribution in [3.8, 4) is 0 Å². The number of nitrogens with one attached hydrogen (secondary N) is 2. The van der Waals surface area contributed by atoms with Gasteiger partial charge in [0.05, 0.1) is 19.1 Å². The van der Waals surface area contributed by atoms with E-state index in [1.165, 1.54) is 7.11 Å². The Morgan fingerprint density at radius 1 is 1.32 bits per heavy atom. The number of esters is 1. The Labute approximate surface area is 120 Å². The number of methoxy groups -OCH3 is 1. The van der Waals surface area contributed by atoms with E-state index in [0.29, 0.717) is 39.0 Å². The van der Waals surface area contributed by atoms with Crippen molar-refractivity contribution in [3.05, 3.63) is 0 Å². The molecule has 7 heteroatoms. The monoisotopic (exact) mass is 294 g/mol. The maximum absolute atomic E-state index is 11.8. The van der Waals surface area contributed by atoms with Gasteiger partial charge in [0.25, 0.3) is 0 Å². The van der Waals surface area contributed by atoms with Crippen molar-refractivity contribution in [3.63, 3.8) is 0 Å². The first kappa shape index (κ1) is 18.1. The Balaban J connectivity index is 0.00000324. The van der Waals surface area contributed by atoms with E-state index in [0.717, 1.165) is 0 Å². The number of hydrogen-bond acceptors (Lipinski definition) is 5. The smallest absolute Gasteiger partial charge is 0.307 e. The van der Waals surface area contributed by atoms with Crippen molar-refractivity contribution in [2.75, 3.05) is 33.9 Å². The number of rotatable bonds is 6. The normalized spacial score (nSPS) is 17.2. The van der Waals surface area contributed by atoms with Crippen LogP contribution < -0.4 is 10.6 Å². The van der Waals surface area contributed by atoms with E-state index in [9.17, 15) is 9.59 Å². The van der Waals surface area contributed by atoms with E-state index < -0.39 is 5.54 Å². The minimum absolute atomic E-state index is 0. The zero-order valence-corrected chi connectivity index (χ0v) is 12.3. The molecule has 1 aliphatic heterocycles. The third kappa shape index (κ3) is 6.22. The zero-order valence-electron chi connectivity index (χ0n) is 11.5. The minimum atomic E-state index is -0.504. The molecule has 0 saturated carbocycles. The molecule has 1 rings (SSSR count). The summed E-state index contributed by atoms with van der Waals surface area (Å²) in [5, 5.41) is 5.90. The topological polar surface area (TPSA) is 76.7 Å². The molecule has 0 aromatic rings. The summed E-state index contributed by atoms with van der Waals surface area (Å²) in [5.41, 5.74) is -0.504. The lowest BCUT2D eigenvalue weighted by atomic mass is 9.86. The predicted molar refractivity (Wildman–Crippen MR) is 73.4 cm³/mol. The van der Waals surface area contributed by atoms with Crippen LogP contribution in [0.1, 0.15) is 25.7 Å². The fraction of sp³-hybridized carbons (Fsp3) is 0.833. The highest BCUT2D eigenvalue weighted by Gasteiger charge is 2.36. The molecule has 112 valence electrons. The summed E-state index contributed by atoms with van der Waals surface area (Å²) in [6, 6.07) is 0. The highest BCUT2D eigenvalue weighted by molar-refractivity contribution is 5.85. The number of hydrogen-bond donors (Lipinski definition) is 2. The first-order valence-electron chi connectivity index (χ1n) is 6.22. The second-order valence-corrected chi connectivity index (χ2v) is 4.55. The molecule has 1 amide bonds. The highest BCUT2D eigenvalue weighted by atomic mass is 35.5. The molecule has 1 fully saturated rings. The zero-order chi connectivity index (χ0) is 13.4. The number of carbonyl (C=O) groups is 2. The summed E-state index contributed by atoms with van der Waals surface area (Å²) >= 11 is 0. The molecule has 0 atom stereocenters. The molecule has 1 saturated heterocycles. The Hall–Kier alpha value is -0.850. The number of halogens is 1. The van der Waals surface area contributed by atoms with E-state index in [1.54, 1.807) is 7.05 Å². The summed E-state index contributed by atoms with van der Waals surface area (Å²) < 4.78 is 9.98. The van der Waals surface area contributed by atoms with Crippen LogP contribution in [0.2, 0.25) is 0 Å². The van der Waals surface area contributed by atoms with E-state index >= 15 is 0 Å². The van der Waals surface area contributed by atoms with Gasteiger partial charge >= 0.3 is 5.97 Å². The average molecular weight is 295 g/mol. The molecule has 0 bridgehead atoms. The maximum atomic E-state index is 11.8. The molecular formula is C12H23ClN2O4. The van der Waals surface area contributed by atoms with Crippen molar-refractivity contribution in [1.82, 2.24) is 10.6 Å². The molecule has 0 aromatic carbocycles. The summed E-state index contributed by atoms with van der Waals surface area (Å²) in [6.07, 6.45) is 1.90. The number of amides is 1. The first-order chi connectivity index (χ1) is 8.62. The average Bonchev–Trinajstić information content (AvgIpc) is 2.37. The lowest BCUT2D eigenvalue weighted by Gasteiger charge is -2.37. The molecule has 0 spiro atoms. The Morgan fingerprint density at radius 2 is 1.95 bits per heavy atom. The fourth-order valence-electron chi connectivity index (χ4n) is 2.05. The van der Waals surface area contributed by atoms with Crippen LogP contribution >= 0.6 is 12.4 Å². The van der Waals surface area contributed by atoms with Gasteiger partial charge in [-0.3, -0.25) is 9.59 Å². The molecule has 0 aliphatic carbocycles. The molecule has 0 aromatic heterocycles. The predicted octanol–water partition coefficient (Wildman–Crippen LogP) is 0.246. The van der Waals surface area contributed by atoms with Crippen LogP contribution in [-0.4, -0.2) is 51.3 Å². The van der Waals surface area contributed by atoms with Crippen molar-refractivity contribution in [2.24, 2.45) is 0 Å². The Morgan fingerprint density at radius 3 is 2.47 bits per heavy atom. The van der Waals surface area contributed by atoms with Crippen LogP contribution in [-0.2, 0) is 19.1 Å². The van der Waals surface area contributed by atoms with E-state index in [4.69, 9.17) is 9.47 Å². The first-order valence-corrected chi connectivity index (χ1v) is 6.22. The second kappa shape index (κ2) is 9.12. The minimum Gasteiger partial charge on any atom is -0.469 e. The van der Waals surface area contributed by atoms with Gasteiger partial charge in [0.2, 0.25) is 5.91 Å². The van der Waals surface area contributed by atoms with Gasteiger partial charge in [0.1, 0.15) is 0 Å². The Kier molecular flexibility index (Phi) is 8.71. The van der Waals surface area contributed by atoms with Crippen LogP contribution in [0.4, 0.5) is 0 Å². The van der Waals surface area contributed by atoms with E-state index in [1.807, 2.05) is 0 Å². The summed E-state index contributed by atoms with van der Waals surface area (Å²) in [5.74, 6) is -0.346. The van der Waals surface area contributed by atoms with E-state index in [-0.39, 0.29) is 30.7 Å². The van der Waals surface area contributed by atoms with Gasteiger partial charge < -0.3 is 20.1 Å². The maximum Gasteiger partial charge on any atom is 0.307 e. The van der Waals surface area contributed by atoms with Crippen molar-refractivity contribution >= 4 is 24.3 Å². The molecule has 2 N–H and O–H groups in total. The van der Waals surface area contributed by atoms with Crippen LogP contribution in [0.15, 0.2) is 0 Å². The Bertz CT molecular complexity index is 293. The van der Waals surface area contributed by atoms with Crippen LogP contribution in [0.5, 0.6) is 0 Å². The SMILES string of the molecule is CNCCC(=O)NC1(CC(=O)OC)CCOCC1.Cl. The lowest BCUT2D eigenvalue weighted by Crippen LogP contribution is -2.53. The van der Waals surface area contributed by atoms with Gasteiger partial charge in [0, 0.05) is 26.2 Å². The van der Waals surface area contributed by atoms with E-state index in [2.05, 4.69) is 10.6 Å². The van der Waals surface area contributed by atoms with Gasteiger partial charge in [0.15, 0.2) is 0 Å². The van der Waals surface area contributed by atoms with Crippen molar-refractivity contribution in [2.45, 2.75) is 31.2 Å². The van der Waals surface area contributed by atoms with Crippen molar-refractivity contribution in [1.29, 1.82) is 0 Å². The fourth-order valence-corrected chi connectivity index (χ4v) is 2.05. The highest BCUT2D eigenvalue weighted by Crippen LogP contribution is 2.25. The molecular weight excluding hydrogens is 272 g/mol. The third-order valence-electron chi connectivity index (χ3n) is 3.17. The molecule has 0 unspecified atom stereocenters. The summed E-state index contributed by atoms with van der Waals surface area (Å²) in [7, 11) is 3.16. The standard InChI is InChI=1S/C12H22N2O4.ClH/c1-13-6-3-10(15)14-12(9-11(16)17-2)4-7-18-8-5-12;/h13H,3-9H2,1-2H3,(H,14,15);1H. The third-order valence-corrected chi connectivity index (χ3v) is 3.17. The number of ether oxygens (including phenoxy) is 2. The van der Waals surface area contributed by atoms with Crippen LogP contribution in [0, 0.1) is 0 Å². The molecule has 6 nitrogen and oxygen atoms in total.